The highest BCUT2D eigenvalue weighted by Crippen LogP contribution is 2.54. The van der Waals surface area contributed by atoms with Crippen molar-refractivity contribution in [3.63, 3.8) is 0 Å². The molecule has 1 unspecified atom stereocenters. The van der Waals surface area contributed by atoms with Gasteiger partial charge in [-0.3, -0.25) is 0 Å². The maximum atomic E-state index is 12.6. The molecule has 0 saturated heterocycles. The van der Waals surface area contributed by atoms with Crippen molar-refractivity contribution in [3.8, 4) is 17.2 Å². The van der Waals surface area contributed by atoms with Crippen LogP contribution in [0.4, 0.5) is 0 Å². The molecule has 0 radical (unpaired) electrons. The zero-order valence-corrected chi connectivity index (χ0v) is 18.7. The van der Waals surface area contributed by atoms with Gasteiger partial charge in [0.15, 0.2) is 11.5 Å². The van der Waals surface area contributed by atoms with Crippen molar-refractivity contribution >= 4 is 12.2 Å². The van der Waals surface area contributed by atoms with E-state index in [1.807, 2.05) is 13.8 Å². The van der Waals surface area contributed by atoms with Gasteiger partial charge in [-0.1, -0.05) is 0 Å². The number of rotatable bonds is 6. The molecule has 0 spiro atoms. The van der Waals surface area contributed by atoms with Crippen LogP contribution in [0.25, 0.3) is 0 Å². The summed E-state index contributed by atoms with van der Waals surface area (Å²) in [7, 11) is 7.08. The van der Waals surface area contributed by atoms with Crippen molar-refractivity contribution in [2.75, 3.05) is 28.3 Å². The number of hydrogen-bond acceptors (Lipinski definition) is 8. The van der Waals surface area contributed by atoms with E-state index in [2.05, 4.69) is 24.2 Å². The zero-order valence-electron chi connectivity index (χ0n) is 18.7. The van der Waals surface area contributed by atoms with E-state index in [1.165, 1.54) is 20.4 Å². The highest BCUT2D eigenvalue weighted by Gasteiger charge is 2.48. The number of hydrogen-bond donors (Lipinski definition) is 1. The molecular weight excluding hydrogens is 388 g/mol. The molecule has 1 aliphatic carbocycles. The Morgan fingerprint density at radius 1 is 1.23 bits per heavy atom. The van der Waals surface area contributed by atoms with E-state index in [4.69, 9.17) is 24.2 Å². The lowest BCUT2D eigenvalue weighted by atomic mass is 9.81. The Morgan fingerprint density at radius 3 is 2.40 bits per heavy atom. The van der Waals surface area contributed by atoms with Crippen molar-refractivity contribution in [2.24, 2.45) is 11.1 Å². The molecule has 1 aromatic rings. The Morgan fingerprint density at radius 2 is 1.87 bits per heavy atom. The molecule has 1 aliphatic heterocycles. The minimum atomic E-state index is -0.839. The Balaban J connectivity index is 2.01. The molecule has 3 rings (SSSR count). The van der Waals surface area contributed by atoms with Gasteiger partial charge in [-0.25, -0.2) is 4.79 Å². The molecule has 166 valence electrons. The van der Waals surface area contributed by atoms with E-state index in [-0.39, 0.29) is 12.3 Å². The molecule has 0 bridgehead atoms. The predicted molar refractivity (Wildman–Crippen MR) is 112 cm³/mol. The monoisotopic (exact) mass is 420 g/mol. The van der Waals surface area contributed by atoms with Crippen LogP contribution in [0.3, 0.4) is 0 Å². The molecular formula is C22H32N2O6. The number of ether oxygens (including phenoxy) is 4. The first kappa shape index (κ1) is 22.2. The van der Waals surface area contributed by atoms with Crippen molar-refractivity contribution in [2.45, 2.75) is 57.8 Å². The molecule has 0 aromatic heterocycles. The average Bonchev–Trinajstić information content (AvgIpc) is 3.11. The maximum absolute atomic E-state index is 12.6. The number of benzene rings is 1. The topological polar surface area (TPSA) is 89.8 Å². The summed E-state index contributed by atoms with van der Waals surface area (Å²) in [5, 5.41) is 12.0. The van der Waals surface area contributed by atoms with Crippen molar-refractivity contribution < 1.29 is 28.9 Å². The Labute approximate surface area is 177 Å². The van der Waals surface area contributed by atoms with Crippen LogP contribution in [0.1, 0.15) is 54.1 Å². The highest BCUT2D eigenvalue weighted by molar-refractivity contribution is 5.96. The third kappa shape index (κ3) is 3.80. The van der Waals surface area contributed by atoms with Crippen molar-refractivity contribution in [3.05, 3.63) is 16.7 Å². The Kier molecular flexibility index (Phi) is 6.45. The number of oxime groups is 1. The molecule has 1 aromatic carbocycles. The zero-order chi connectivity index (χ0) is 22.1. The number of carbonyl (C=O) groups is 1. The summed E-state index contributed by atoms with van der Waals surface area (Å²) in [4.78, 5) is 14.8. The first-order valence-electron chi connectivity index (χ1n) is 10.3. The number of esters is 1. The van der Waals surface area contributed by atoms with Crippen LogP contribution in [-0.4, -0.2) is 62.4 Å². The highest BCUT2D eigenvalue weighted by atomic mass is 16.7. The molecule has 1 N–H and O–H groups in total. The summed E-state index contributed by atoms with van der Waals surface area (Å²) in [6.45, 7) is 3.77. The number of fused-ring (bicyclic) bond motifs is 1. The van der Waals surface area contributed by atoms with Crippen molar-refractivity contribution in [1.82, 2.24) is 4.90 Å². The molecule has 1 heterocycles. The fraction of sp³-hybridized carbons (Fsp3) is 0.636. The van der Waals surface area contributed by atoms with Gasteiger partial charge in [0.2, 0.25) is 5.75 Å². The van der Waals surface area contributed by atoms with E-state index in [0.717, 1.165) is 25.7 Å². The summed E-state index contributed by atoms with van der Waals surface area (Å²) in [6, 6.07) is 0.570. The van der Waals surface area contributed by atoms with Gasteiger partial charge in [0.25, 0.3) is 5.79 Å². The third-order valence-electron chi connectivity index (χ3n) is 6.45. The lowest BCUT2D eigenvalue weighted by Gasteiger charge is -2.39. The molecule has 1 saturated carbocycles. The van der Waals surface area contributed by atoms with Crippen molar-refractivity contribution in [1.29, 1.82) is 0 Å². The van der Waals surface area contributed by atoms with Crippen LogP contribution in [0.2, 0.25) is 0 Å². The average molecular weight is 421 g/mol. The lowest BCUT2D eigenvalue weighted by Crippen LogP contribution is -2.46. The second-order valence-electron chi connectivity index (χ2n) is 8.35. The quantitative estimate of drug-likeness (QED) is 0.326. The van der Waals surface area contributed by atoms with Crippen LogP contribution in [0.15, 0.2) is 5.16 Å². The summed E-state index contributed by atoms with van der Waals surface area (Å²) < 4.78 is 23.4. The standard InChI is InChI=1S/C22H32N2O6/c1-13-17(21(25)28-6)16(11-12-23-26)19(27-5)20-18(13)29-22(2,30-20)14-7-9-15(10-8-14)24(3)4/h12,14-15,26H,7-11H2,1-6H3/b23-12+. The first-order chi connectivity index (χ1) is 14.3. The second kappa shape index (κ2) is 8.71. The number of nitrogens with zero attached hydrogens (tertiary/aromatic N) is 2. The van der Waals surface area contributed by atoms with E-state index in [1.54, 1.807) is 0 Å². The van der Waals surface area contributed by atoms with Gasteiger partial charge in [0.05, 0.1) is 19.8 Å². The van der Waals surface area contributed by atoms with E-state index < -0.39 is 11.8 Å². The summed E-state index contributed by atoms with van der Waals surface area (Å²) in [5.74, 6) is 0.277. The van der Waals surface area contributed by atoms with Gasteiger partial charge >= 0.3 is 5.97 Å². The van der Waals surface area contributed by atoms with E-state index in [0.29, 0.717) is 40.0 Å². The van der Waals surface area contributed by atoms with Gasteiger partial charge in [0.1, 0.15) is 0 Å². The SMILES string of the molecule is COC(=O)c1c(C)c2c(c(OC)c1C/C=N/O)OC(C)(C1CCC(N(C)C)CC1)O2. The van der Waals surface area contributed by atoms with Crippen LogP contribution in [-0.2, 0) is 11.2 Å². The minimum absolute atomic E-state index is 0.187. The van der Waals surface area contributed by atoms with E-state index in [9.17, 15) is 4.79 Å². The number of carbonyl (C=O) groups excluding carboxylic acids is 1. The van der Waals surface area contributed by atoms with Gasteiger partial charge < -0.3 is 29.1 Å². The van der Waals surface area contributed by atoms with Gasteiger partial charge in [-0.05, 0) is 46.7 Å². The third-order valence-corrected chi connectivity index (χ3v) is 6.45. The molecule has 30 heavy (non-hydrogen) atoms. The van der Waals surface area contributed by atoms with Gasteiger partial charge in [-0.2, -0.15) is 0 Å². The molecule has 2 aliphatic rings. The smallest absolute Gasteiger partial charge is 0.338 e. The Bertz CT molecular complexity index is 830. The normalized spacial score (nSPS) is 25.7. The largest absolute Gasteiger partial charge is 0.492 e. The molecule has 1 fully saturated rings. The molecule has 1 atom stereocenters. The van der Waals surface area contributed by atoms with Crippen LogP contribution in [0, 0.1) is 12.8 Å². The maximum Gasteiger partial charge on any atom is 0.338 e. The van der Waals surface area contributed by atoms with Crippen LogP contribution in [0.5, 0.6) is 17.2 Å². The Hall–Kier alpha value is -2.48. The molecule has 8 nitrogen and oxygen atoms in total. The minimum Gasteiger partial charge on any atom is -0.492 e. The summed E-state index contributed by atoms with van der Waals surface area (Å²) >= 11 is 0. The van der Waals surface area contributed by atoms with E-state index >= 15 is 0 Å². The molecule has 0 amide bonds. The lowest BCUT2D eigenvalue weighted by molar-refractivity contribution is -0.123. The fourth-order valence-electron chi connectivity index (χ4n) is 4.71. The molecule has 8 heteroatoms. The number of methoxy groups -OCH3 is 2. The summed E-state index contributed by atoms with van der Waals surface area (Å²) in [6.07, 6.45) is 5.63. The second-order valence-corrected chi connectivity index (χ2v) is 8.35. The fourth-order valence-corrected chi connectivity index (χ4v) is 4.71. The summed E-state index contributed by atoms with van der Waals surface area (Å²) in [5.41, 5.74) is 1.52. The van der Waals surface area contributed by atoms with Gasteiger partial charge in [0, 0.05) is 42.6 Å². The van der Waals surface area contributed by atoms with Crippen LogP contribution < -0.4 is 14.2 Å². The first-order valence-corrected chi connectivity index (χ1v) is 10.3. The predicted octanol–water partition coefficient (Wildman–Crippen LogP) is 3.40. The van der Waals surface area contributed by atoms with Crippen LogP contribution >= 0.6 is 0 Å². The van der Waals surface area contributed by atoms with Gasteiger partial charge in [-0.15, -0.1) is 5.16 Å².